The monoisotopic (exact) mass is 255 g/mol. The van der Waals surface area contributed by atoms with E-state index in [-0.39, 0.29) is 10.8 Å². The molecule has 0 aliphatic rings. The summed E-state index contributed by atoms with van der Waals surface area (Å²) < 4.78 is 13.6. The van der Waals surface area contributed by atoms with E-state index < -0.39 is 0 Å². The van der Waals surface area contributed by atoms with Crippen molar-refractivity contribution in [3.05, 3.63) is 29.6 Å². The summed E-state index contributed by atoms with van der Waals surface area (Å²) in [5.41, 5.74) is 6.46. The second-order valence-corrected chi connectivity index (χ2v) is 4.32. The van der Waals surface area contributed by atoms with E-state index in [9.17, 15) is 4.39 Å². The molecule has 0 aliphatic heterocycles. The van der Waals surface area contributed by atoms with Gasteiger partial charge < -0.3 is 16.0 Å². The van der Waals surface area contributed by atoms with E-state index in [4.69, 9.17) is 18.0 Å². The van der Waals surface area contributed by atoms with Crippen LogP contribution in [0.1, 0.15) is 12.5 Å². The zero-order valence-electron chi connectivity index (χ0n) is 10.2. The summed E-state index contributed by atoms with van der Waals surface area (Å²) in [7, 11) is 2.02. The van der Waals surface area contributed by atoms with Crippen molar-refractivity contribution in [3.63, 3.8) is 0 Å². The molecule has 0 radical (unpaired) electrons. The van der Waals surface area contributed by atoms with E-state index in [1.165, 1.54) is 6.07 Å². The molecule has 0 heterocycles. The first kappa shape index (κ1) is 13.9. The number of rotatable bonds is 6. The van der Waals surface area contributed by atoms with Crippen LogP contribution in [0.15, 0.2) is 18.2 Å². The summed E-state index contributed by atoms with van der Waals surface area (Å²) in [5.74, 6) is -0.325. The quantitative estimate of drug-likeness (QED) is 0.761. The summed E-state index contributed by atoms with van der Waals surface area (Å²) in [6.45, 7) is 4.63. The Bertz CT molecular complexity index is 395. The van der Waals surface area contributed by atoms with Gasteiger partial charge in [-0.2, -0.15) is 0 Å². The number of hydrogen-bond donors (Lipinski definition) is 2. The molecular weight excluding hydrogens is 237 g/mol. The Morgan fingerprint density at radius 2 is 2.24 bits per heavy atom. The molecule has 0 unspecified atom stereocenters. The first-order valence-electron chi connectivity index (χ1n) is 5.56. The number of hydrogen-bond acceptors (Lipinski definition) is 3. The van der Waals surface area contributed by atoms with Gasteiger partial charge in [-0.05, 0) is 31.8 Å². The minimum atomic E-state index is -0.325. The molecule has 3 N–H and O–H groups in total. The first-order valence-corrected chi connectivity index (χ1v) is 5.97. The highest BCUT2D eigenvalue weighted by molar-refractivity contribution is 7.80. The molecule has 0 atom stereocenters. The van der Waals surface area contributed by atoms with Crippen molar-refractivity contribution in [2.75, 3.05) is 32.0 Å². The number of anilines is 1. The Labute approximate surface area is 107 Å². The van der Waals surface area contributed by atoms with Gasteiger partial charge in [0, 0.05) is 18.7 Å². The summed E-state index contributed by atoms with van der Waals surface area (Å²) in [6.07, 6.45) is 0. The molecule has 0 amide bonds. The van der Waals surface area contributed by atoms with Crippen molar-refractivity contribution in [1.82, 2.24) is 4.90 Å². The van der Waals surface area contributed by atoms with Crippen LogP contribution in [0.5, 0.6) is 0 Å². The van der Waals surface area contributed by atoms with E-state index in [2.05, 4.69) is 17.1 Å². The lowest BCUT2D eigenvalue weighted by Crippen LogP contribution is -2.25. The Kier molecular flexibility index (Phi) is 5.31. The minimum Gasteiger partial charge on any atom is -0.389 e. The van der Waals surface area contributed by atoms with Gasteiger partial charge in [-0.3, -0.25) is 0 Å². The summed E-state index contributed by atoms with van der Waals surface area (Å²) >= 11 is 4.79. The normalized spacial score (nSPS) is 10.6. The summed E-state index contributed by atoms with van der Waals surface area (Å²) in [4.78, 5) is 2.36. The molecule has 5 heteroatoms. The molecule has 94 valence electrons. The SMILES string of the molecule is CCN(C)CCNc1ccc(C(N)=S)cc1F. The lowest BCUT2D eigenvalue weighted by molar-refractivity contribution is 0.367. The average Bonchev–Trinajstić information content (AvgIpc) is 2.30. The Morgan fingerprint density at radius 1 is 1.53 bits per heavy atom. The first-order chi connectivity index (χ1) is 8.04. The summed E-state index contributed by atoms with van der Waals surface area (Å²) in [5, 5.41) is 3.04. The molecule has 17 heavy (non-hydrogen) atoms. The van der Waals surface area contributed by atoms with Crippen LogP contribution in [0, 0.1) is 5.82 Å². The third-order valence-corrected chi connectivity index (χ3v) is 2.84. The molecule has 0 saturated heterocycles. The second kappa shape index (κ2) is 6.51. The second-order valence-electron chi connectivity index (χ2n) is 3.88. The van der Waals surface area contributed by atoms with Crippen LogP contribution in [0.4, 0.5) is 10.1 Å². The van der Waals surface area contributed by atoms with Gasteiger partial charge in [0.15, 0.2) is 0 Å². The molecule has 0 aliphatic carbocycles. The number of likely N-dealkylation sites (N-methyl/N-ethyl adjacent to an activating group) is 1. The van der Waals surface area contributed by atoms with Crippen LogP contribution in [0.3, 0.4) is 0 Å². The maximum atomic E-state index is 13.6. The van der Waals surface area contributed by atoms with Gasteiger partial charge in [-0.15, -0.1) is 0 Å². The van der Waals surface area contributed by atoms with Gasteiger partial charge in [0.2, 0.25) is 0 Å². The molecule has 0 aromatic heterocycles. The Balaban J connectivity index is 2.57. The van der Waals surface area contributed by atoms with Crippen LogP contribution in [0.2, 0.25) is 0 Å². The topological polar surface area (TPSA) is 41.3 Å². The molecule has 0 spiro atoms. The highest BCUT2D eigenvalue weighted by atomic mass is 32.1. The van der Waals surface area contributed by atoms with Gasteiger partial charge in [-0.25, -0.2) is 4.39 Å². The maximum Gasteiger partial charge on any atom is 0.146 e. The predicted octanol–water partition coefficient (Wildman–Crippen LogP) is 1.82. The van der Waals surface area contributed by atoms with Gasteiger partial charge in [0.1, 0.15) is 10.8 Å². The fourth-order valence-corrected chi connectivity index (χ4v) is 1.48. The van der Waals surface area contributed by atoms with E-state index in [1.54, 1.807) is 12.1 Å². The van der Waals surface area contributed by atoms with E-state index in [1.807, 2.05) is 7.05 Å². The number of nitrogens with one attached hydrogen (secondary N) is 1. The average molecular weight is 255 g/mol. The Morgan fingerprint density at radius 3 is 2.76 bits per heavy atom. The number of nitrogens with zero attached hydrogens (tertiary/aromatic N) is 1. The van der Waals surface area contributed by atoms with Gasteiger partial charge in [0.25, 0.3) is 0 Å². The molecule has 0 fully saturated rings. The van der Waals surface area contributed by atoms with Crippen molar-refractivity contribution in [1.29, 1.82) is 0 Å². The van der Waals surface area contributed by atoms with Crippen molar-refractivity contribution in [2.24, 2.45) is 5.73 Å². The van der Waals surface area contributed by atoms with Gasteiger partial charge in [-0.1, -0.05) is 19.1 Å². The lowest BCUT2D eigenvalue weighted by Gasteiger charge is -2.15. The standard InChI is InChI=1S/C12H18FN3S/c1-3-16(2)7-6-15-11-5-4-9(12(14)17)8-10(11)13/h4-5,8,15H,3,6-7H2,1-2H3,(H2,14,17). The van der Waals surface area contributed by atoms with Crippen molar-refractivity contribution in [3.8, 4) is 0 Å². The molecule has 0 saturated carbocycles. The van der Waals surface area contributed by atoms with E-state index in [0.717, 1.165) is 13.1 Å². The number of halogens is 1. The van der Waals surface area contributed by atoms with E-state index in [0.29, 0.717) is 17.8 Å². The van der Waals surface area contributed by atoms with Gasteiger partial charge in [0.05, 0.1) is 5.69 Å². The molecule has 1 aromatic carbocycles. The van der Waals surface area contributed by atoms with Crippen LogP contribution in [-0.2, 0) is 0 Å². The van der Waals surface area contributed by atoms with Crippen LogP contribution in [0.25, 0.3) is 0 Å². The van der Waals surface area contributed by atoms with Crippen molar-refractivity contribution in [2.45, 2.75) is 6.92 Å². The van der Waals surface area contributed by atoms with Gasteiger partial charge >= 0.3 is 0 Å². The fourth-order valence-electron chi connectivity index (χ4n) is 1.35. The third kappa shape index (κ3) is 4.28. The molecule has 0 bridgehead atoms. The smallest absolute Gasteiger partial charge is 0.146 e. The zero-order valence-corrected chi connectivity index (χ0v) is 11.0. The summed E-state index contributed by atoms with van der Waals surface area (Å²) in [6, 6.07) is 4.74. The highest BCUT2D eigenvalue weighted by Crippen LogP contribution is 2.15. The van der Waals surface area contributed by atoms with Crippen LogP contribution < -0.4 is 11.1 Å². The van der Waals surface area contributed by atoms with E-state index >= 15 is 0 Å². The minimum absolute atomic E-state index is 0.209. The number of benzene rings is 1. The predicted molar refractivity (Wildman–Crippen MR) is 73.9 cm³/mol. The lowest BCUT2D eigenvalue weighted by atomic mass is 10.2. The van der Waals surface area contributed by atoms with Crippen molar-refractivity contribution >= 4 is 22.9 Å². The van der Waals surface area contributed by atoms with Crippen molar-refractivity contribution < 1.29 is 4.39 Å². The number of nitrogens with two attached hydrogens (primary N) is 1. The zero-order chi connectivity index (χ0) is 12.8. The largest absolute Gasteiger partial charge is 0.389 e. The Hall–Kier alpha value is -1.20. The number of thiocarbonyl (C=S) groups is 1. The van der Waals surface area contributed by atoms with Crippen LogP contribution in [-0.4, -0.2) is 36.6 Å². The fraction of sp³-hybridized carbons (Fsp3) is 0.417. The third-order valence-electron chi connectivity index (χ3n) is 2.60. The van der Waals surface area contributed by atoms with Crippen LogP contribution >= 0.6 is 12.2 Å². The molecule has 3 nitrogen and oxygen atoms in total. The molecule has 1 aromatic rings. The molecule has 1 rings (SSSR count). The maximum absolute atomic E-state index is 13.6. The highest BCUT2D eigenvalue weighted by Gasteiger charge is 2.04. The molecular formula is C12H18FN3S.